The number of nitrogens with one attached hydrogen (secondary N) is 1. The van der Waals surface area contributed by atoms with E-state index in [0.717, 1.165) is 29.4 Å². The third-order valence-corrected chi connectivity index (χ3v) is 4.53. The van der Waals surface area contributed by atoms with Crippen LogP contribution in [0.2, 0.25) is 0 Å². The minimum atomic E-state index is -0.218. The van der Waals surface area contributed by atoms with Gasteiger partial charge in [0.2, 0.25) is 0 Å². The van der Waals surface area contributed by atoms with E-state index < -0.39 is 0 Å². The van der Waals surface area contributed by atoms with Gasteiger partial charge in [0.15, 0.2) is 0 Å². The largest absolute Gasteiger partial charge is 0.341 e. The highest BCUT2D eigenvalue weighted by Crippen LogP contribution is 2.23. The molecular weight excluding hydrogens is 314 g/mol. The van der Waals surface area contributed by atoms with E-state index in [1.165, 1.54) is 0 Å². The summed E-state index contributed by atoms with van der Waals surface area (Å²) in [5, 5.41) is 3.86. The Morgan fingerprint density at radius 1 is 1.16 bits per heavy atom. The number of hydrogen-bond donors (Lipinski definition) is 1. The number of carbonyl (C=O) groups excluding carboxylic acids is 2. The van der Waals surface area contributed by atoms with Crippen LogP contribution in [0.5, 0.6) is 0 Å². The topological polar surface area (TPSA) is 62.3 Å². The lowest BCUT2D eigenvalue weighted by Gasteiger charge is -2.25. The SMILES string of the molecule is CN1CCc2ccc(NC(=O)c3ccc4cccnc4c3)cc2C1=O. The fourth-order valence-electron chi connectivity index (χ4n) is 3.08. The molecule has 0 aliphatic carbocycles. The number of hydrogen-bond acceptors (Lipinski definition) is 3. The zero-order chi connectivity index (χ0) is 17.4. The van der Waals surface area contributed by atoms with Gasteiger partial charge in [0.05, 0.1) is 5.52 Å². The van der Waals surface area contributed by atoms with Crippen LogP contribution in [0.25, 0.3) is 10.9 Å². The van der Waals surface area contributed by atoms with Crippen molar-refractivity contribution >= 4 is 28.4 Å². The fourth-order valence-corrected chi connectivity index (χ4v) is 3.08. The van der Waals surface area contributed by atoms with Crippen molar-refractivity contribution in [2.75, 3.05) is 18.9 Å². The van der Waals surface area contributed by atoms with Gasteiger partial charge in [-0.3, -0.25) is 14.6 Å². The van der Waals surface area contributed by atoms with Crippen molar-refractivity contribution in [3.05, 3.63) is 71.4 Å². The Hall–Kier alpha value is -3.21. The van der Waals surface area contributed by atoms with Crippen LogP contribution in [0, 0.1) is 0 Å². The number of nitrogens with zero attached hydrogens (tertiary/aromatic N) is 2. The minimum Gasteiger partial charge on any atom is -0.341 e. The Labute approximate surface area is 145 Å². The van der Waals surface area contributed by atoms with Crippen molar-refractivity contribution in [2.45, 2.75) is 6.42 Å². The highest BCUT2D eigenvalue weighted by Gasteiger charge is 2.21. The van der Waals surface area contributed by atoms with Crippen molar-refractivity contribution in [1.29, 1.82) is 0 Å². The average molecular weight is 331 g/mol. The highest BCUT2D eigenvalue weighted by molar-refractivity contribution is 6.07. The van der Waals surface area contributed by atoms with Crippen LogP contribution in [0.3, 0.4) is 0 Å². The van der Waals surface area contributed by atoms with Gasteiger partial charge in [0.1, 0.15) is 0 Å². The number of aromatic nitrogens is 1. The predicted octanol–water partition coefficient (Wildman–Crippen LogP) is 3.12. The number of pyridine rings is 1. The lowest BCUT2D eigenvalue weighted by Crippen LogP contribution is -2.34. The molecule has 124 valence electrons. The van der Waals surface area contributed by atoms with Crippen molar-refractivity contribution < 1.29 is 9.59 Å². The predicted molar refractivity (Wildman–Crippen MR) is 96.8 cm³/mol. The molecule has 1 N–H and O–H groups in total. The summed E-state index contributed by atoms with van der Waals surface area (Å²) in [4.78, 5) is 30.8. The molecule has 1 aromatic heterocycles. The smallest absolute Gasteiger partial charge is 0.255 e. The second kappa shape index (κ2) is 6.02. The van der Waals surface area contributed by atoms with Gasteiger partial charge in [-0.1, -0.05) is 18.2 Å². The van der Waals surface area contributed by atoms with E-state index in [9.17, 15) is 9.59 Å². The van der Waals surface area contributed by atoms with Gasteiger partial charge in [-0.25, -0.2) is 0 Å². The van der Waals surface area contributed by atoms with Crippen LogP contribution in [0.15, 0.2) is 54.7 Å². The van der Waals surface area contributed by atoms with Crippen molar-refractivity contribution in [1.82, 2.24) is 9.88 Å². The maximum Gasteiger partial charge on any atom is 0.255 e. The Kier molecular flexibility index (Phi) is 3.69. The first kappa shape index (κ1) is 15.3. The normalized spacial score (nSPS) is 13.6. The maximum absolute atomic E-state index is 12.5. The second-order valence-electron chi connectivity index (χ2n) is 6.21. The average Bonchev–Trinajstić information content (AvgIpc) is 2.64. The summed E-state index contributed by atoms with van der Waals surface area (Å²) in [6, 6.07) is 14.7. The molecule has 0 bridgehead atoms. The van der Waals surface area contributed by atoms with Crippen LogP contribution in [0.1, 0.15) is 26.3 Å². The summed E-state index contributed by atoms with van der Waals surface area (Å²) in [6.07, 6.45) is 2.54. The van der Waals surface area contributed by atoms with E-state index in [2.05, 4.69) is 10.3 Å². The summed E-state index contributed by atoms with van der Waals surface area (Å²) < 4.78 is 0. The molecule has 5 heteroatoms. The van der Waals surface area contributed by atoms with Crippen LogP contribution >= 0.6 is 0 Å². The molecule has 0 saturated heterocycles. The third-order valence-electron chi connectivity index (χ3n) is 4.53. The van der Waals surface area contributed by atoms with Crippen LogP contribution in [-0.2, 0) is 6.42 Å². The zero-order valence-corrected chi connectivity index (χ0v) is 13.8. The first-order chi connectivity index (χ1) is 12.1. The van der Waals surface area contributed by atoms with Crippen LogP contribution < -0.4 is 5.32 Å². The Morgan fingerprint density at radius 3 is 2.92 bits per heavy atom. The third kappa shape index (κ3) is 2.85. The minimum absolute atomic E-state index is 0.00717. The quantitative estimate of drug-likeness (QED) is 0.785. The molecule has 2 amide bonds. The van der Waals surface area contributed by atoms with Crippen LogP contribution in [0.4, 0.5) is 5.69 Å². The number of benzene rings is 2. The van der Waals surface area contributed by atoms with E-state index >= 15 is 0 Å². The molecule has 1 aliphatic rings. The van der Waals surface area contributed by atoms with Gasteiger partial charge in [0.25, 0.3) is 11.8 Å². The second-order valence-corrected chi connectivity index (χ2v) is 6.21. The van der Waals surface area contributed by atoms with E-state index in [-0.39, 0.29) is 11.8 Å². The molecule has 0 unspecified atom stereocenters. The Morgan fingerprint density at radius 2 is 2.04 bits per heavy atom. The summed E-state index contributed by atoms with van der Waals surface area (Å²) in [7, 11) is 1.79. The molecular formula is C20H17N3O2. The summed E-state index contributed by atoms with van der Waals surface area (Å²) in [6.45, 7) is 0.724. The van der Waals surface area contributed by atoms with E-state index in [1.807, 2.05) is 30.3 Å². The Balaban J connectivity index is 1.61. The lowest BCUT2D eigenvalue weighted by molar-refractivity contribution is 0.0780. The molecule has 5 nitrogen and oxygen atoms in total. The summed E-state index contributed by atoms with van der Waals surface area (Å²) in [5.74, 6) is -0.226. The van der Waals surface area contributed by atoms with Crippen LogP contribution in [-0.4, -0.2) is 35.3 Å². The van der Waals surface area contributed by atoms with Gasteiger partial charge < -0.3 is 10.2 Å². The summed E-state index contributed by atoms with van der Waals surface area (Å²) in [5.41, 5.74) is 3.61. The van der Waals surface area contributed by atoms with Gasteiger partial charge >= 0.3 is 0 Å². The first-order valence-electron chi connectivity index (χ1n) is 8.16. The molecule has 2 heterocycles. The number of carbonyl (C=O) groups is 2. The van der Waals surface area contributed by atoms with Crippen molar-refractivity contribution in [3.63, 3.8) is 0 Å². The van der Waals surface area contributed by atoms with Gasteiger partial charge in [0, 0.05) is 42.0 Å². The molecule has 0 spiro atoms. The molecule has 4 rings (SSSR count). The monoisotopic (exact) mass is 331 g/mol. The number of rotatable bonds is 2. The van der Waals surface area contributed by atoms with E-state index in [0.29, 0.717) is 16.8 Å². The lowest BCUT2D eigenvalue weighted by atomic mass is 9.98. The zero-order valence-electron chi connectivity index (χ0n) is 13.8. The first-order valence-corrected chi connectivity index (χ1v) is 8.16. The summed E-state index contributed by atoms with van der Waals surface area (Å²) >= 11 is 0. The standard InChI is InChI=1S/C20H17N3O2/c1-23-10-8-13-6-7-16(12-17(13)20(23)25)22-19(24)15-5-4-14-3-2-9-21-18(14)11-15/h2-7,9,11-12H,8,10H2,1H3,(H,22,24). The van der Waals surface area contributed by atoms with Crippen molar-refractivity contribution in [2.24, 2.45) is 0 Å². The molecule has 0 saturated carbocycles. The maximum atomic E-state index is 12.5. The molecule has 0 atom stereocenters. The van der Waals surface area contributed by atoms with Gasteiger partial charge in [-0.05, 0) is 42.3 Å². The number of fused-ring (bicyclic) bond motifs is 2. The molecule has 0 radical (unpaired) electrons. The number of amides is 2. The number of likely N-dealkylation sites (N-methyl/N-ethyl adjacent to an activating group) is 1. The fraction of sp³-hybridized carbons (Fsp3) is 0.150. The van der Waals surface area contributed by atoms with E-state index in [1.54, 1.807) is 36.3 Å². The molecule has 3 aromatic rings. The molecule has 2 aromatic carbocycles. The number of anilines is 1. The molecule has 0 fully saturated rings. The van der Waals surface area contributed by atoms with Gasteiger partial charge in [-0.2, -0.15) is 0 Å². The molecule has 25 heavy (non-hydrogen) atoms. The molecule has 1 aliphatic heterocycles. The Bertz CT molecular complexity index is 997. The van der Waals surface area contributed by atoms with E-state index in [4.69, 9.17) is 0 Å². The highest BCUT2D eigenvalue weighted by atomic mass is 16.2. The van der Waals surface area contributed by atoms with Gasteiger partial charge in [-0.15, -0.1) is 0 Å². The van der Waals surface area contributed by atoms with Crippen molar-refractivity contribution in [3.8, 4) is 0 Å².